The Labute approximate surface area is 119 Å². The van der Waals surface area contributed by atoms with Gasteiger partial charge in [0.1, 0.15) is 0 Å². The number of carboxylic acids is 1. The molecule has 1 unspecified atom stereocenters. The lowest BCUT2D eigenvalue weighted by molar-refractivity contribution is -0.132. The zero-order valence-corrected chi connectivity index (χ0v) is 11.8. The SMILES string of the molecule is O=C(O)/C=C/C(=O)N1CCCC1c1cccc(Br)c1. The number of carboxylic acid groups (broad SMARTS) is 1. The van der Waals surface area contributed by atoms with Crippen molar-refractivity contribution >= 4 is 27.8 Å². The minimum absolute atomic E-state index is 0.0310. The van der Waals surface area contributed by atoms with Gasteiger partial charge in [-0.2, -0.15) is 0 Å². The maximum Gasteiger partial charge on any atom is 0.328 e. The highest BCUT2D eigenvalue weighted by molar-refractivity contribution is 9.10. The van der Waals surface area contributed by atoms with Gasteiger partial charge in [0.25, 0.3) is 0 Å². The van der Waals surface area contributed by atoms with Crippen LogP contribution in [0.2, 0.25) is 0 Å². The predicted octanol–water partition coefficient (Wildman–Crippen LogP) is 2.75. The number of rotatable bonds is 3. The molecule has 0 spiro atoms. The molecule has 1 atom stereocenters. The van der Waals surface area contributed by atoms with Gasteiger partial charge in [-0.3, -0.25) is 4.79 Å². The number of carbonyl (C=O) groups is 2. The maximum absolute atomic E-state index is 12.0. The van der Waals surface area contributed by atoms with Gasteiger partial charge in [0.15, 0.2) is 0 Å². The van der Waals surface area contributed by atoms with Crippen LogP contribution in [0.3, 0.4) is 0 Å². The molecule has 0 aliphatic carbocycles. The molecule has 19 heavy (non-hydrogen) atoms. The smallest absolute Gasteiger partial charge is 0.328 e. The third-order valence-corrected chi connectivity index (χ3v) is 3.63. The van der Waals surface area contributed by atoms with Gasteiger partial charge >= 0.3 is 5.97 Å². The molecule has 0 aromatic heterocycles. The van der Waals surface area contributed by atoms with E-state index >= 15 is 0 Å². The molecule has 0 bridgehead atoms. The first-order chi connectivity index (χ1) is 9.08. The van der Waals surface area contributed by atoms with E-state index < -0.39 is 5.97 Å². The lowest BCUT2D eigenvalue weighted by atomic mass is 10.0. The normalized spacial score (nSPS) is 19.0. The molecule has 1 amide bonds. The molecule has 1 aliphatic heterocycles. The van der Waals surface area contributed by atoms with Gasteiger partial charge in [-0.1, -0.05) is 28.1 Å². The first-order valence-corrected chi connectivity index (χ1v) is 6.84. The molecule has 2 rings (SSSR count). The van der Waals surface area contributed by atoms with E-state index in [9.17, 15) is 9.59 Å². The third kappa shape index (κ3) is 3.44. The van der Waals surface area contributed by atoms with E-state index in [0.717, 1.165) is 35.0 Å². The predicted molar refractivity (Wildman–Crippen MR) is 74.6 cm³/mol. The highest BCUT2D eigenvalue weighted by Gasteiger charge is 2.28. The summed E-state index contributed by atoms with van der Waals surface area (Å²) in [4.78, 5) is 24.2. The van der Waals surface area contributed by atoms with Crippen molar-refractivity contribution in [2.75, 3.05) is 6.54 Å². The van der Waals surface area contributed by atoms with E-state index in [1.807, 2.05) is 24.3 Å². The van der Waals surface area contributed by atoms with E-state index in [0.29, 0.717) is 6.54 Å². The maximum atomic E-state index is 12.0. The fourth-order valence-corrected chi connectivity index (χ4v) is 2.75. The van der Waals surface area contributed by atoms with Gasteiger partial charge in [0.2, 0.25) is 5.91 Å². The molecule has 4 nitrogen and oxygen atoms in total. The number of likely N-dealkylation sites (tertiary alicyclic amines) is 1. The van der Waals surface area contributed by atoms with Crippen molar-refractivity contribution in [1.29, 1.82) is 0 Å². The van der Waals surface area contributed by atoms with Crippen LogP contribution in [0, 0.1) is 0 Å². The summed E-state index contributed by atoms with van der Waals surface area (Å²) < 4.78 is 0.977. The Kier molecular flexibility index (Phi) is 4.37. The fraction of sp³-hybridized carbons (Fsp3) is 0.286. The molecule has 0 radical (unpaired) electrons. The van der Waals surface area contributed by atoms with Crippen LogP contribution in [0.5, 0.6) is 0 Å². The fourth-order valence-electron chi connectivity index (χ4n) is 2.33. The average molecular weight is 324 g/mol. The van der Waals surface area contributed by atoms with E-state index in [4.69, 9.17) is 5.11 Å². The number of nitrogens with zero attached hydrogens (tertiary/aromatic N) is 1. The Morgan fingerprint density at radius 1 is 1.37 bits per heavy atom. The van der Waals surface area contributed by atoms with Gasteiger partial charge in [-0.05, 0) is 30.5 Å². The molecule has 1 heterocycles. The van der Waals surface area contributed by atoms with E-state index in [2.05, 4.69) is 15.9 Å². The number of halogens is 1. The Balaban J connectivity index is 2.17. The van der Waals surface area contributed by atoms with Gasteiger partial charge in [0.05, 0.1) is 6.04 Å². The van der Waals surface area contributed by atoms with Crippen molar-refractivity contribution in [3.05, 3.63) is 46.5 Å². The first-order valence-electron chi connectivity index (χ1n) is 6.05. The summed E-state index contributed by atoms with van der Waals surface area (Å²) in [6.45, 7) is 0.667. The van der Waals surface area contributed by atoms with E-state index in [-0.39, 0.29) is 11.9 Å². The van der Waals surface area contributed by atoms with Crippen LogP contribution in [-0.4, -0.2) is 28.4 Å². The summed E-state index contributed by atoms with van der Waals surface area (Å²) in [6.07, 6.45) is 3.85. The van der Waals surface area contributed by atoms with Crippen LogP contribution in [0.1, 0.15) is 24.4 Å². The summed E-state index contributed by atoms with van der Waals surface area (Å²) in [5.41, 5.74) is 1.07. The van der Waals surface area contributed by atoms with Gasteiger partial charge in [-0.25, -0.2) is 4.79 Å². The molecule has 5 heteroatoms. The van der Waals surface area contributed by atoms with Crippen molar-refractivity contribution in [3.8, 4) is 0 Å². The van der Waals surface area contributed by atoms with Gasteiger partial charge in [-0.15, -0.1) is 0 Å². The Morgan fingerprint density at radius 3 is 2.84 bits per heavy atom. The molecule has 1 aromatic carbocycles. The number of carbonyl (C=O) groups excluding carboxylic acids is 1. The number of hydrogen-bond acceptors (Lipinski definition) is 2. The molecule has 100 valence electrons. The Hall–Kier alpha value is -1.62. The van der Waals surface area contributed by atoms with Crippen molar-refractivity contribution in [2.24, 2.45) is 0 Å². The topological polar surface area (TPSA) is 57.6 Å². The molecule has 1 saturated heterocycles. The summed E-state index contributed by atoms with van der Waals surface area (Å²) in [6, 6.07) is 7.89. The molecule has 1 fully saturated rings. The number of hydrogen-bond donors (Lipinski definition) is 1. The second-order valence-electron chi connectivity index (χ2n) is 4.42. The monoisotopic (exact) mass is 323 g/mol. The minimum Gasteiger partial charge on any atom is -0.478 e. The largest absolute Gasteiger partial charge is 0.478 e. The van der Waals surface area contributed by atoms with Gasteiger partial charge < -0.3 is 10.0 Å². The number of amides is 1. The molecule has 0 saturated carbocycles. The number of benzene rings is 1. The van der Waals surface area contributed by atoms with E-state index in [1.165, 1.54) is 0 Å². The summed E-state index contributed by atoms with van der Waals surface area (Å²) in [5.74, 6) is -1.35. The average Bonchev–Trinajstić information content (AvgIpc) is 2.85. The second kappa shape index (κ2) is 6.02. The quantitative estimate of drug-likeness (QED) is 0.870. The minimum atomic E-state index is -1.11. The highest BCUT2D eigenvalue weighted by atomic mass is 79.9. The van der Waals surface area contributed by atoms with Crippen molar-refractivity contribution < 1.29 is 14.7 Å². The van der Waals surface area contributed by atoms with E-state index in [1.54, 1.807) is 4.90 Å². The Morgan fingerprint density at radius 2 is 2.16 bits per heavy atom. The number of aliphatic carboxylic acids is 1. The van der Waals surface area contributed by atoms with Gasteiger partial charge in [0, 0.05) is 23.2 Å². The van der Waals surface area contributed by atoms with Crippen LogP contribution in [0.4, 0.5) is 0 Å². The molecule has 1 N–H and O–H groups in total. The summed E-state index contributed by atoms with van der Waals surface area (Å²) in [7, 11) is 0. The lowest BCUT2D eigenvalue weighted by Gasteiger charge is -2.24. The third-order valence-electron chi connectivity index (χ3n) is 3.14. The summed E-state index contributed by atoms with van der Waals surface area (Å²) >= 11 is 3.42. The van der Waals surface area contributed by atoms with Crippen LogP contribution < -0.4 is 0 Å². The second-order valence-corrected chi connectivity index (χ2v) is 5.33. The molecular weight excluding hydrogens is 310 g/mol. The zero-order valence-electron chi connectivity index (χ0n) is 10.3. The van der Waals surface area contributed by atoms with Crippen LogP contribution >= 0.6 is 15.9 Å². The van der Waals surface area contributed by atoms with Crippen LogP contribution in [0.25, 0.3) is 0 Å². The molecular formula is C14H14BrNO3. The van der Waals surface area contributed by atoms with Crippen LogP contribution in [-0.2, 0) is 9.59 Å². The first kappa shape index (κ1) is 13.8. The van der Waals surface area contributed by atoms with Crippen molar-refractivity contribution in [2.45, 2.75) is 18.9 Å². The summed E-state index contributed by atoms with van der Waals surface area (Å²) in [5, 5.41) is 8.56. The zero-order chi connectivity index (χ0) is 13.8. The van der Waals surface area contributed by atoms with Crippen molar-refractivity contribution in [3.63, 3.8) is 0 Å². The highest BCUT2D eigenvalue weighted by Crippen LogP contribution is 2.33. The Bertz CT molecular complexity index is 527. The molecule has 1 aliphatic rings. The van der Waals surface area contributed by atoms with Crippen molar-refractivity contribution in [1.82, 2.24) is 4.90 Å². The van der Waals surface area contributed by atoms with Crippen LogP contribution in [0.15, 0.2) is 40.9 Å². The lowest BCUT2D eigenvalue weighted by Crippen LogP contribution is -2.29. The molecule has 1 aromatic rings. The standard InChI is InChI=1S/C14H14BrNO3/c15-11-4-1-3-10(9-11)12-5-2-8-16(12)13(17)6-7-14(18)19/h1,3-4,6-7,9,12H,2,5,8H2,(H,18,19)/b7-6+.